The molecular formula is C14H19N3O2. The summed E-state index contributed by atoms with van der Waals surface area (Å²) in [4.78, 5) is 19.3. The fourth-order valence-corrected chi connectivity index (χ4v) is 2.12. The van der Waals surface area contributed by atoms with Gasteiger partial charge in [-0.2, -0.15) is 0 Å². The highest BCUT2D eigenvalue weighted by atomic mass is 16.3. The molecule has 1 atom stereocenters. The Hall–Kier alpha value is -1.88. The van der Waals surface area contributed by atoms with Crippen LogP contribution in [0.5, 0.6) is 0 Å². The minimum atomic E-state index is -1.35. The third-order valence-electron chi connectivity index (χ3n) is 3.33. The van der Waals surface area contributed by atoms with Crippen molar-refractivity contribution in [3.05, 3.63) is 24.0 Å². The van der Waals surface area contributed by atoms with Gasteiger partial charge in [0.05, 0.1) is 11.9 Å². The predicted octanol–water partition coefficient (Wildman–Crippen LogP) is 2.36. The molecule has 0 aliphatic heterocycles. The highest BCUT2D eigenvalue weighted by Gasteiger charge is 2.29. The normalized spacial score (nSPS) is 14.3. The number of aromatic nitrogens is 2. The van der Waals surface area contributed by atoms with E-state index in [0.717, 1.165) is 23.0 Å². The topological polar surface area (TPSA) is 78.0 Å². The van der Waals surface area contributed by atoms with E-state index in [4.69, 9.17) is 0 Å². The van der Waals surface area contributed by atoms with Gasteiger partial charge < -0.3 is 15.4 Å². The maximum Gasteiger partial charge on any atom is 0.256 e. The van der Waals surface area contributed by atoms with Crippen molar-refractivity contribution in [1.82, 2.24) is 9.97 Å². The minimum Gasteiger partial charge on any atom is -0.380 e. The Kier molecular flexibility index (Phi) is 3.57. The Morgan fingerprint density at radius 2 is 2.32 bits per heavy atom. The van der Waals surface area contributed by atoms with E-state index in [0.29, 0.717) is 12.1 Å². The molecule has 0 aliphatic carbocycles. The van der Waals surface area contributed by atoms with Gasteiger partial charge in [0.15, 0.2) is 0 Å². The van der Waals surface area contributed by atoms with Gasteiger partial charge in [-0.05, 0) is 31.9 Å². The number of nitrogens with zero attached hydrogens (tertiary/aromatic N) is 1. The lowest BCUT2D eigenvalue weighted by molar-refractivity contribution is -0.133. The zero-order valence-electron chi connectivity index (χ0n) is 11.4. The highest BCUT2D eigenvalue weighted by Crippen LogP contribution is 2.24. The SMILES string of the molecule is CCCC(C)(O)C(=O)Nc1cnc2[nH]ccc2c1C. The summed E-state index contributed by atoms with van der Waals surface area (Å²) in [6, 6.07) is 1.91. The predicted molar refractivity (Wildman–Crippen MR) is 75.0 cm³/mol. The fourth-order valence-electron chi connectivity index (χ4n) is 2.12. The van der Waals surface area contributed by atoms with Crippen molar-refractivity contribution in [3.63, 3.8) is 0 Å². The Balaban J connectivity index is 2.26. The number of amides is 1. The lowest BCUT2D eigenvalue weighted by Crippen LogP contribution is -2.40. The lowest BCUT2D eigenvalue weighted by Gasteiger charge is -2.22. The number of fused-ring (bicyclic) bond motifs is 1. The van der Waals surface area contributed by atoms with E-state index < -0.39 is 11.5 Å². The first-order chi connectivity index (χ1) is 8.95. The van der Waals surface area contributed by atoms with E-state index in [-0.39, 0.29) is 0 Å². The van der Waals surface area contributed by atoms with E-state index in [9.17, 15) is 9.90 Å². The molecule has 5 nitrogen and oxygen atoms in total. The van der Waals surface area contributed by atoms with Gasteiger partial charge in [0.2, 0.25) is 0 Å². The van der Waals surface area contributed by atoms with Crippen molar-refractivity contribution >= 4 is 22.6 Å². The second kappa shape index (κ2) is 5.01. The molecule has 3 N–H and O–H groups in total. The molecule has 2 heterocycles. The first-order valence-electron chi connectivity index (χ1n) is 6.42. The summed E-state index contributed by atoms with van der Waals surface area (Å²) >= 11 is 0. The number of carbonyl (C=O) groups excluding carboxylic acids is 1. The number of H-pyrrole nitrogens is 1. The Morgan fingerprint density at radius 1 is 1.58 bits per heavy atom. The summed E-state index contributed by atoms with van der Waals surface area (Å²) < 4.78 is 0. The molecule has 0 saturated carbocycles. The molecule has 1 unspecified atom stereocenters. The molecule has 0 spiro atoms. The van der Waals surface area contributed by atoms with Gasteiger partial charge in [-0.3, -0.25) is 4.79 Å². The summed E-state index contributed by atoms with van der Waals surface area (Å²) in [5.41, 5.74) is 1.00. The summed E-state index contributed by atoms with van der Waals surface area (Å²) in [6.07, 6.45) is 4.59. The monoisotopic (exact) mass is 261 g/mol. The molecule has 2 aromatic rings. The van der Waals surface area contributed by atoms with Crippen LogP contribution >= 0.6 is 0 Å². The molecule has 19 heavy (non-hydrogen) atoms. The van der Waals surface area contributed by atoms with Crippen LogP contribution in [-0.4, -0.2) is 26.6 Å². The van der Waals surface area contributed by atoms with Crippen molar-refractivity contribution in [1.29, 1.82) is 0 Å². The van der Waals surface area contributed by atoms with Crippen LogP contribution < -0.4 is 5.32 Å². The molecule has 0 aliphatic rings. The summed E-state index contributed by atoms with van der Waals surface area (Å²) in [5, 5.41) is 13.8. The second-order valence-corrected chi connectivity index (χ2v) is 5.01. The van der Waals surface area contributed by atoms with E-state index in [1.807, 2.05) is 26.1 Å². The first kappa shape index (κ1) is 13.5. The zero-order chi connectivity index (χ0) is 14.0. The number of aromatic amines is 1. The van der Waals surface area contributed by atoms with Crippen molar-refractivity contribution in [2.45, 2.75) is 39.2 Å². The molecule has 0 radical (unpaired) electrons. The van der Waals surface area contributed by atoms with Crippen LogP contribution in [-0.2, 0) is 4.79 Å². The standard InChI is InChI=1S/C14H19N3O2/c1-4-6-14(3,19)13(18)17-11-8-16-12-10(9(11)2)5-7-15-12/h5,7-8,19H,4,6H2,1-3H3,(H,15,16)(H,17,18). The molecule has 0 bridgehead atoms. The van der Waals surface area contributed by atoms with Crippen LogP contribution in [0.15, 0.2) is 18.5 Å². The zero-order valence-corrected chi connectivity index (χ0v) is 11.4. The molecule has 102 valence electrons. The molecule has 5 heteroatoms. The maximum atomic E-state index is 12.1. The number of carbonyl (C=O) groups is 1. The van der Waals surface area contributed by atoms with Gasteiger partial charge in [0.25, 0.3) is 5.91 Å². The second-order valence-electron chi connectivity index (χ2n) is 5.01. The average Bonchev–Trinajstić information content (AvgIpc) is 2.81. The van der Waals surface area contributed by atoms with Crippen molar-refractivity contribution in [3.8, 4) is 0 Å². The summed E-state index contributed by atoms with van der Waals surface area (Å²) in [6.45, 7) is 5.38. The first-order valence-corrected chi connectivity index (χ1v) is 6.42. The van der Waals surface area contributed by atoms with Crippen molar-refractivity contribution in [2.24, 2.45) is 0 Å². The Labute approximate surface area is 112 Å². The van der Waals surface area contributed by atoms with Crippen LogP contribution in [0.25, 0.3) is 11.0 Å². The van der Waals surface area contributed by atoms with E-state index in [1.165, 1.54) is 6.92 Å². The highest BCUT2D eigenvalue weighted by molar-refractivity contribution is 5.99. The largest absolute Gasteiger partial charge is 0.380 e. The van der Waals surface area contributed by atoms with E-state index in [2.05, 4.69) is 15.3 Å². The van der Waals surface area contributed by atoms with Crippen LogP contribution in [0.3, 0.4) is 0 Å². The average molecular weight is 261 g/mol. The van der Waals surface area contributed by atoms with Gasteiger partial charge >= 0.3 is 0 Å². The lowest BCUT2D eigenvalue weighted by atomic mass is 9.99. The van der Waals surface area contributed by atoms with Crippen molar-refractivity contribution in [2.75, 3.05) is 5.32 Å². The molecule has 2 rings (SSSR count). The van der Waals surface area contributed by atoms with Gasteiger partial charge in [-0.25, -0.2) is 4.98 Å². The number of rotatable bonds is 4. The van der Waals surface area contributed by atoms with Crippen LogP contribution in [0.4, 0.5) is 5.69 Å². The van der Waals surface area contributed by atoms with E-state index >= 15 is 0 Å². The summed E-state index contributed by atoms with van der Waals surface area (Å²) in [7, 11) is 0. The quantitative estimate of drug-likeness (QED) is 0.790. The maximum absolute atomic E-state index is 12.1. The number of anilines is 1. The third kappa shape index (κ3) is 2.61. The number of pyridine rings is 1. The number of aryl methyl sites for hydroxylation is 1. The number of hydrogen-bond donors (Lipinski definition) is 3. The molecular weight excluding hydrogens is 242 g/mol. The van der Waals surface area contributed by atoms with Gasteiger partial charge in [-0.15, -0.1) is 0 Å². The fraction of sp³-hybridized carbons (Fsp3) is 0.429. The van der Waals surface area contributed by atoms with Crippen LogP contribution in [0, 0.1) is 6.92 Å². The van der Waals surface area contributed by atoms with Gasteiger partial charge in [-0.1, -0.05) is 13.3 Å². The van der Waals surface area contributed by atoms with Gasteiger partial charge in [0.1, 0.15) is 11.2 Å². The van der Waals surface area contributed by atoms with E-state index in [1.54, 1.807) is 6.20 Å². The Morgan fingerprint density at radius 3 is 3.00 bits per heavy atom. The molecule has 2 aromatic heterocycles. The summed E-state index contributed by atoms with van der Waals surface area (Å²) in [5.74, 6) is -0.394. The van der Waals surface area contributed by atoms with Crippen LogP contribution in [0.2, 0.25) is 0 Å². The minimum absolute atomic E-state index is 0.394. The Bertz CT molecular complexity index is 602. The molecule has 1 amide bonds. The molecule has 0 aromatic carbocycles. The number of aliphatic hydroxyl groups is 1. The van der Waals surface area contributed by atoms with Crippen LogP contribution in [0.1, 0.15) is 32.3 Å². The van der Waals surface area contributed by atoms with Crippen molar-refractivity contribution < 1.29 is 9.90 Å². The number of hydrogen-bond acceptors (Lipinski definition) is 3. The number of nitrogens with one attached hydrogen (secondary N) is 2. The molecule has 0 saturated heterocycles. The smallest absolute Gasteiger partial charge is 0.256 e. The molecule has 0 fully saturated rings. The third-order valence-corrected chi connectivity index (χ3v) is 3.33. The van der Waals surface area contributed by atoms with Gasteiger partial charge in [0, 0.05) is 11.6 Å².